The van der Waals surface area contributed by atoms with Gasteiger partial charge in [-0.15, -0.1) is 10.2 Å². The first-order valence-electron chi connectivity index (χ1n) is 11.3. The Labute approximate surface area is 207 Å². The fraction of sp³-hybridized carbons (Fsp3) is 0.192. The van der Waals surface area contributed by atoms with E-state index in [9.17, 15) is 10.1 Å². The molecule has 174 valence electrons. The average Bonchev–Trinajstić information content (AvgIpc) is 3.37. The first-order chi connectivity index (χ1) is 17.2. The van der Waals surface area contributed by atoms with E-state index in [2.05, 4.69) is 26.2 Å². The molecule has 0 unspecified atom stereocenters. The number of piperazine rings is 1. The SMILES string of the molecule is N#Cc1cccnc1N1CCN(C(=O)CSc2nnc(-c3ccccc3)n2-c2ccccc2)CC1. The van der Waals surface area contributed by atoms with Gasteiger partial charge in [-0.1, -0.05) is 60.3 Å². The number of hydrogen-bond acceptors (Lipinski definition) is 7. The predicted molar refractivity (Wildman–Crippen MR) is 135 cm³/mol. The van der Waals surface area contributed by atoms with Crippen molar-refractivity contribution in [2.75, 3.05) is 36.8 Å². The van der Waals surface area contributed by atoms with Crippen molar-refractivity contribution in [3.8, 4) is 23.1 Å². The van der Waals surface area contributed by atoms with Crippen molar-refractivity contribution in [1.82, 2.24) is 24.6 Å². The quantitative estimate of drug-likeness (QED) is 0.388. The van der Waals surface area contributed by atoms with E-state index in [0.29, 0.717) is 42.7 Å². The largest absolute Gasteiger partial charge is 0.352 e. The predicted octanol–water partition coefficient (Wildman–Crippen LogP) is 3.64. The van der Waals surface area contributed by atoms with E-state index in [1.54, 1.807) is 18.3 Å². The number of benzene rings is 2. The number of nitriles is 1. The van der Waals surface area contributed by atoms with E-state index in [4.69, 9.17) is 0 Å². The number of hydrogen-bond donors (Lipinski definition) is 0. The molecule has 4 aromatic rings. The Bertz CT molecular complexity index is 1340. The van der Waals surface area contributed by atoms with Crippen molar-refractivity contribution in [2.45, 2.75) is 5.16 Å². The number of nitrogens with zero attached hydrogens (tertiary/aromatic N) is 7. The topological polar surface area (TPSA) is 90.9 Å². The zero-order valence-electron chi connectivity index (χ0n) is 19.0. The van der Waals surface area contributed by atoms with Gasteiger partial charge in [0.05, 0.1) is 11.3 Å². The third-order valence-corrected chi connectivity index (χ3v) is 6.76. The maximum absolute atomic E-state index is 13.0. The van der Waals surface area contributed by atoms with Gasteiger partial charge in [0, 0.05) is 43.6 Å². The minimum absolute atomic E-state index is 0.0556. The zero-order chi connectivity index (χ0) is 24.0. The molecule has 0 radical (unpaired) electrons. The summed E-state index contributed by atoms with van der Waals surface area (Å²) in [6, 6.07) is 25.6. The van der Waals surface area contributed by atoms with Crippen LogP contribution in [0.15, 0.2) is 84.1 Å². The molecule has 8 nitrogen and oxygen atoms in total. The number of anilines is 1. The summed E-state index contributed by atoms with van der Waals surface area (Å²) in [7, 11) is 0. The van der Waals surface area contributed by atoms with Gasteiger partial charge in [-0.3, -0.25) is 9.36 Å². The van der Waals surface area contributed by atoms with Gasteiger partial charge < -0.3 is 9.80 Å². The van der Waals surface area contributed by atoms with Crippen LogP contribution in [0.2, 0.25) is 0 Å². The number of rotatable bonds is 6. The molecule has 0 saturated carbocycles. The second-order valence-corrected chi connectivity index (χ2v) is 8.93. The summed E-state index contributed by atoms with van der Waals surface area (Å²) in [6.07, 6.45) is 1.69. The van der Waals surface area contributed by atoms with Crippen LogP contribution < -0.4 is 4.90 Å². The summed E-state index contributed by atoms with van der Waals surface area (Å²) in [4.78, 5) is 21.3. The van der Waals surface area contributed by atoms with Gasteiger partial charge in [0.2, 0.25) is 5.91 Å². The molecule has 0 bridgehead atoms. The lowest BCUT2D eigenvalue weighted by molar-refractivity contribution is -0.128. The van der Waals surface area contributed by atoms with Crippen molar-refractivity contribution in [3.63, 3.8) is 0 Å². The van der Waals surface area contributed by atoms with Gasteiger partial charge in [-0.05, 0) is 24.3 Å². The summed E-state index contributed by atoms with van der Waals surface area (Å²) in [6.45, 7) is 2.45. The van der Waals surface area contributed by atoms with Crippen molar-refractivity contribution in [3.05, 3.63) is 84.6 Å². The summed E-state index contributed by atoms with van der Waals surface area (Å²) in [5.74, 6) is 1.75. The Kier molecular flexibility index (Phi) is 6.73. The minimum Gasteiger partial charge on any atom is -0.352 e. The van der Waals surface area contributed by atoms with E-state index in [-0.39, 0.29) is 11.7 Å². The van der Waals surface area contributed by atoms with Crippen LogP contribution in [0.5, 0.6) is 0 Å². The third-order valence-electron chi connectivity index (χ3n) is 5.84. The highest BCUT2D eigenvalue weighted by Gasteiger charge is 2.24. The lowest BCUT2D eigenvalue weighted by Gasteiger charge is -2.35. The number of carbonyl (C=O) groups excluding carboxylic acids is 1. The standard InChI is InChI=1S/C26H23N7OS/c27-18-21-10-7-13-28-24(21)32-16-14-31(15-17-32)23(34)19-35-26-30-29-25(20-8-3-1-4-9-20)33(26)22-11-5-2-6-12-22/h1-13H,14-17,19H2. The molecule has 2 aromatic heterocycles. The monoisotopic (exact) mass is 481 g/mol. The van der Waals surface area contributed by atoms with Gasteiger partial charge in [-0.25, -0.2) is 4.98 Å². The first-order valence-corrected chi connectivity index (χ1v) is 12.3. The molecular weight excluding hydrogens is 458 g/mol. The van der Waals surface area contributed by atoms with Crippen molar-refractivity contribution in [2.24, 2.45) is 0 Å². The van der Waals surface area contributed by atoms with E-state index in [1.165, 1.54) is 11.8 Å². The molecule has 1 saturated heterocycles. The number of carbonyl (C=O) groups is 1. The molecule has 0 aliphatic carbocycles. The third kappa shape index (κ3) is 4.88. The van der Waals surface area contributed by atoms with Gasteiger partial charge >= 0.3 is 0 Å². The fourth-order valence-corrected chi connectivity index (χ4v) is 4.92. The first kappa shape index (κ1) is 22.6. The van der Waals surface area contributed by atoms with Gasteiger partial charge in [0.1, 0.15) is 11.9 Å². The van der Waals surface area contributed by atoms with Crippen LogP contribution in [0, 0.1) is 11.3 Å². The van der Waals surface area contributed by atoms with Crippen molar-refractivity contribution < 1.29 is 4.79 Å². The molecule has 0 spiro atoms. The van der Waals surface area contributed by atoms with Crippen LogP contribution in [-0.2, 0) is 4.79 Å². The highest BCUT2D eigenvalue weighted by molar-refractivity contribution is 7.99. The maximum Gasteiger partial charge on any atom is 0.233 e. The molecule has 1 aliphatic rings. The second-order valence-electron chi connectivity index (χ2n) is 7.99. The number of para-hydroxylation sites is 1. The molecule has 3 heterocycles. The molecule has 1 amide bonds. The van der Waals surface area contributed by atoms with Crippen LogP contribution in [0.4, 0.5) is 5.82 Å². The molecule has 1 fully saturated rings. The lowest BCUT2D eigenvalue weighted by Crippen LogP contribution is -2.49. The van der Waals surface area contributed by atoms with E-state index in [1.807, 2.05) is 70.1 Å². The molecule has 0 N–H and O–H groups in total. The summed E-state index contributed by atoms with van der Waals surface area (Å²) in [5.41, 5.74) is 2.46. The molecule has 9 heteroatoms. The Morgan fingerprint density at radius 3 is 2.34 bits per heavy atom. The summed E-state index contributed by atoms with van der Waals surface area (Å²) >= 11 is 1.39. The van der Waals surface area contributed by atoms with Crippen LogP contribution in [0.1, 0.15) is 5.56 Å². The highest BCUT2D eigenvalue weighted by atomic mass is 32.2. The van der Waals surface area contributed by atoms with Crippen molar-refractivity contribution in [1.29, 1.82) is 5.26 Å². The Hall–Kier alpha value is -4.16. The van der Waals surface area contributed by atoms with E-state index >= 15 is 0 Å². The van der Waals surface area contributed by atoms with Crippen LogP contribution in [-0.4, -0.2) is 62.5 Å². The van der Waals surface area contributed by atoms with E-state index in [0.717, 1.165) is 17.1 Å². The van der Waals surface area contributed by atoms with Crippen LogP contribution in [0.3, 0.4) is 0 Å². The van der Waals surface area contributed by atoms with Gasteiger partial charge in [0.15, 0.2) is 11.0 Å². The lowest BCUT2D eigenvalue weighted by atomic mass is 10.2. The highest BCUT2D eigenvalue weighted by Crippen LogP contribution is 2.28. The number of aromatic nitrogens is 4. The Morgan fingerprint density at radius 2 is 1.63 bits per heavy atom. The summed E-state index contributed by atoms with van der Waals surface area (Å²) < 4.78 is 2.00. The van der Waals surface area contributed by atoms with Gasteiger partial charge in [0.25, 0.3) is 0 Å². The number of thioether (sulfide) groups is 1. The maximum atomic E-state index is 13.0. The second kappa shape index (κ2) is 10.4. The molecular formula is C26H23N7OS. The van der Waals surface area contributed by atoms with Gasteiger partial charge in [-0.2, -0.15) is 5.26 Å². The smallest absolute Gasteiger partial charge is 0.233 e. The molecule has 1 aliphatic heterocycles. The Balaban J connectivity index is 1.28. The zero-order valence-corrected chi connectivity index (χ0v) is 19.8. The number of pyridine rings is 1. The fourth-order valence-electron chi connectivity index (χ4n) is 4.07. The van der Waals surface area contributed by atoms with Crippen molar-refractivity contribution >= 4 is 23.5 Å². The van der Waals surface area contributed by atoms with Crippen LogP contribution in [0.25, 0.3) is 17.1 Å². The normalized spacial score (nSPS) is 13.5. The number of amides is 1. The molecule has 5 rings (SSSR count). The van der Waals surface area contributed by atoms with E-state index < -0.39 is 0 Å². The minimum atomic E-state index is 0.0556. The molecule has 2 aromatic carbocycles. The molecule has 0 atom stereocenters. The average molecular weight is 482 g/mol. The Morgan fingerprint density at radius 1 is 0.914 bits per heavy atom. The van der Waals surface area contributed by atoms with Crippen LogP contribution >= 0.6 is 11.8 Å². The summed E-state index contributed by atoms with van der Waals surface area (Å²) in [5, 5.41) is 18.9. The molecule has 35 heavy (non-hydrogen) atoms.